The summed E-state index contributed by atoms with van der Waals surface area (Å²) in [6.07, 6.45) is 19.3. The third kappa shape index (κ3) is 6.52. The van der Waals surface area contributed by atoms with Crippen LogP contribution in [0.25, 0.3) is 0 Å². The van der Waals surface area contributed by atoms with Crippen LogP contribution in [0, 0.1) is 23.2 Å². The van der Waals surface area contributed by atoms with Crippen LogP contribution in [0.2, 0.25) is 13.3 Å². The van der Waals surface area contributed by atoms with E-state index in [0.29, 0.717) is 11.3 Å². The summed E-state index contributed by atoms with van der Waals surface area (Å²) in [5.41, 5.74) is 3.48. The molecule has 1 aromatic carbocycles. The topological polar surface area (TPSA) is 26.3 Å². The number of benzene rings is 1. The Morgan fingerprint density at radius 2 is 1.68 bits per heavy atom. The van der Waals surface area contributed by atoms with Crippen molar-refractivity contribution in [1.82, 2.24) is 0 Å². The number of hydrogen-bond donors (Lipinski definition) is 0. The number of fused-ring (bicyclic) bond motifs is 5. The average molecular weight is 614 g/mol. The minimum atomic E-state index is -2.23. The number of unbranched alkanes of at least 4 members (excludes halogenated alkanes) is 3. The fraction of sp³-hybridized carbons (Fsp3) is 0.735. The van der Waals surface area contributed by atoms with E-state index >= 15 is 0 Å². The second kappa shape index (κ2) is 13.1. The number of allylic oxidation sites excluding steroid dienone is 1. The Morgan fingerprint density at radius 3 is 2.30 bits per heavy atom. The molecule has 37 heavy (non-hydrogen) atoms. The van der Waals surface area contributed by atoms with Crippen LogP contribution in [0.15, 0.2) is 28.4 Å². The molecule has 3 aliphatic rings. The van der Waals surface area contributed by atoms with Gasteiger partial charge in [-0.3, -0.25) is 4.79 Å². The van der Waals surface area contributed by atoms with E-state index in [-0.39, 0.29) is 5.97 Å². The van der Waals surface area contributed by atoms with Gasteiger partial charge < -0.3 is 0 Å². The van der Waals surface area contributed by atoms with Crippen LogP contribution in [0.5, 0.6) is 5.75 Å². The Kier molecular flexibility index (Phi) is 10.3. The molecule has 206 valence electrons. The Bertz CT molecular complexity index is 914. The molecular weight excluding hydrogens is 559 g/mol. The van der Waals surface area contributed by atoms with Gasteiger partial charge in [-0.05, 0) is 0 Å². The molecule has 0 aliphatic heterocycles. The molecule has 0 bridgehead atoms. The van der Waals surface area contributed by atoms with Crippen LogP contribution in [-0.2, 0) is 11.2 Å². The molecule has 0 unspecified atom stereocenters. The Morgan fingerprint density at radius 1 is 1.00 bits per heavy atom. The van der Waals surface area contributed by atoms with Gasteiger partial charge in [0.05, 0.1) is 0 Å². The molecule has 0 saturated heterocycles. The van der Waals surface area contributed by atoms with E-state index in [0.717, 1.165) is 29.9 Å². The number of rotatable bonds is 12. The van der Waals surface area contributed by atoms with Crippen molar-refractivity contribution >= 4 is 24.3 Å². The van der Waals surface area contributed by atoms with Gasteiger partial charge in [-0.1, -0.05) is 0 Å². The summed E-state index contributed by atoms with van der Waals surface area (Å²) in [6.45, 7) is 11.3. The summed E-state index contributed by atoms with van der Waals surface area (Å²) >= 11 is -2.23. The van der Waals surface area contributed by atoms with Gasteiger partial charge in [0.2, 0.25) is 0 Å². The summed E-state index contributed by atoms with van der Waals surface area (Å²) < 4.78 is 13.1. The van der Waals surface area contributed by atoms with Crippen molar-refractivity contribution in [3.8, 4) is 5.75 Å². The molecule has 0 radical (unpaired) electrons. The van der Waals surface area contributed by atoms with E-state index < -0.39 is 18.4 Å². The van der Waals surface area contributed by atoms with Crippen molar-refractivity contribution in [2.75, 3.05) is 0 Å². The van der Waals surface area contributed by atoms with Crippen molar-refractivity contribution in [3.05, 3.63) is 39.5 Å². The first-order valence-corrected chi connectivity index (χ1v) is 23.6. The van der Waals surface area contributed by atoms with Gasteiger partial charge >= 0.3 is 221 Å². The van der Waals surface area contributed by atoms with E-state index in [1.165, 1.54) is 83.1 Å². The standard InChI is InChI=1S/C22H27O2.3C4H9.Sn/c1-4-16-6-10-21-20-8-5-15-13-17(24-14(2)23)7-9-18(15)19(20)11-12-22(16,21)3;3*1-3-4-2;/h1,4,7,9,13,16,19-21H,5-6,8,10-12H2,2-3H3;3*1,3-4H2,2H3;/t16-,19-,20-,21+,22-;;;;/m1..../s1. The zero-order valence-corrected chi connectivity index (χ0v) is 27.5. The van der Waals surface area contributed by atoms with Crippen LogP contribution in [0.4, 0.5) is 0 Å². The number of ether oxygens (including phenoxy) is 1. The van der Waals surface area contributed by atoms with E-state index in [4.69, 9.17) is 4.74 Å². The van der Waals surface area contributed by atoms with Crippen LogP contribution >= 0.6 is 0 Å². The monoisotopic (exact) mass is 614 g/mol. The zero-order chi connectivity index (χ0) is 26.5. The van der Waals surface area contributed by atoms with Gasteiger partial charge in [0.25, 0.3) is 0 Å². The molecule has 2 saturated carbocycles. The van der Waals surface area contributed by atoms with Gasteiger partial charge in [0, 0.05) is 6.92 Å². The molecule has 0 N–H and O–H groups in total. The minimum absolute atomic E-state index is 0.222. The second-order valence-electron chi connectivity index (χ2n) is 13.1. The molecule has 2 fully saturated rings. The van der Waals surface area contributed by atoms with Gasteiger partial charge in [-0.2, -0.15) is 0 Å². The van der Waals surface area contributed by atoms with Gasteiger partial charge in [0.1, 0.15) is 0 Å². The molecule has 3 heteroatoms. The summed E-state index contributed by atoms with van der Waals surface area (Å²) in [5.74, 6) is 3.70. The number of aryl methyl sites for hydroxylation is 1. The maximum absolute atomic E-state index is 11.4. The molecular formula is C34H54O2Sn. The predicted molar refractivity (Wildman–Crippen MR) is 160 cm³/mol. The van der Waals surface area contributed by atoms with Crippen molar-refractivity contribution in [3.63, 3.8) is 0 Å². The van der Waals surface area contributed by atoms with E-state index in [2.05, 4.69) is 50.0 Å². The van der Waals surface area contributed by atoms with Crippen LogP contribution in [-0.4, -0.2) is 24.3 Å². The fourth-order valence-electron chi connectivity index (χ4n) is 8.68. The number of carbonyl (C=O) groups excluding carboxylic acids is 1. The van der Waals surface area contributed by atoms with Crippen molar-refractivity contribution in [1.29, 1.82) is 0 Å². The molecule has 3 aliphatic carbocycles. The molecule has 2 nitrogen and oxygen atoms in total. The molecule has 0 amide bonds. The molecule has 4 rings (SSSR count). The first-order chi connectivity index (χ1) is 17.9. The number of carbonyl (C=O) groups is 1. The molecule has 0 aromatic heterocycles. The summed E-state index contributed by atoms with van der Waals surface area (Å²) in [4.78, 5) is 11.4. The van der Waals surface area contributed by atoms with Crippen molar-refractivity contribution in [2.24, 2.45) is 23.2 Å². The first kappa shape index (κ1) is 29.2. The number of hydrogen-bond acceptors (Lipinski definition) is 2. The zero-order valence-electron chi connectivity index (χ0n) is 24.6. The average Bonchev–Trinajstić information content (AvgIpc) is 3.23. The Balaban J connectivity index is 1.52. The maximum atomic E-state index is 11.4. The SMILES string of the molecule is CCC[CH2][Sn](/[CH]=C\[C@@H]1CC[C@H]2[C@@H]3CCc4cc(OC(C)=O)ccc4[C@H]3CC[C@]12C)([CH2]CCC)[CH2]CCC. The second-order valence-corrected chi connectivity index (χ2v) is 26.1. The van der Waals surface area contributed by atoms with Gasteiger partial charge in [0.15, 0.2) is 0 Å². The predicted octanol–water partition coefficient (Wildman–Crippen LogP) is 10.0. The summed E-state index contributed by atoms with van der Waals surface area (Å²) in [7, 11) is 0. The van der Waals surface area contributed by atoms with E-state index in [1.54, 1.807) is 18.9 Å². The Labute approximate surface area is 232 Å². The van der Waals surface area contributed by atoms with E-state index in [9.17, 15) is 4.79 Å². The first-order valence-electron chi connectivity index (χ1n) is 15.9. The third-order valence-electron chi connectivity index (χ3n) is 10.8. The summed E-state index contributed by atoms with van der Waals surface area (Å²) in [6, 6.07) is 6.47. The molecule has 0 spiro atoms. The quantitative estimate of drug-likeness (QED) is 0.133. The number of esters is 1. The molecule has 5 atom stereocenters. The van der Waals surface area contributed by atoms with Gasteiger partial charge in [-0.15, -0.1) is 0 Å². The normalized spacial score (nSPS) is 29.1. The van der Waals surface area contributed by atoms with Crippen molar-refractivity contribution in [2.45, 2.75) is 131 Å². The van der Waals surface area contributed by atoms with Crippen LogP contribution in [0.1, 0.15) is 122 Å². The molecule has 0 heterocycles. The summed E-state index contributed by atoms with van der Waals surface area (Å²) in [5, 5.41) is 0. The fourth-order valence-corrected chi connectivity index (χ4v) is 23.1. The van der Waals surface area contributed by atoms with Crippen LogP contribution < -0.4 is 4.74 Å². The molecule has 1 aromatic rings. The third-order valence-corrected chi connectivity index (χ3v) is 24.9. The van der Waals surface area contributed by atoms with Gasteiger partial charge in [-0.25, -0.2) is 0 Å². The van der Waals surface area contributed by atoms with Crippen molar-refractivity contribution < 1.29 is 9.53 Å². The van der Waals surface area contributed by atoms with E-state index in [1.807, 2.05) is 6.07 Å². The van der Waals surface area contributed by atoms with Crippen LogP contribution in [0.3, 0.4) is 0 Å². The Hall–Kier alpha value is -0.771.